The Labute approximate surface area is 125 Å². The summed E-state index contributed by atoms with van der Waals surface area (Å²) in [7, 11) is 3.85. The van der Waals surface area contributed by atoms with Crippen LogP contribution in [0.4, 0.5) is 4.39 Å². The molecule has 0 saturated carbocycles. The van der Waals surface area contributed by atoms with Crippen molar-refractivity contribution < 1.29 is 13.9 Å². The van der Waals surface area contributed by atoms with Crippen molar-refractivity contribution in [2.24, 2.45) is 0 Å². The van der Waals surface area contributed by atoms with Crippen LogP contribution in [-0.4, -0.2) is 43.6 Å². The molecule has 0 bridgehead atoms. The maximum absolute atomic E-state index is 13.5. The molecule has 0 aliphatic carbocycles. The average molecular weight is 294 g/mol. The van der Waals surface area contributed by atoms with Gasteiger partial charge >= 0.3 is 0 Å². The topological polar surface area (TPSA) is 41.6 Å². The van der Waals surface area contributed by atoms with Crippen molar-refractivity contribution in [3.8, 4) is 5.75 Å². The van der Waals surface area contributed by atoms with Crippen LogP contribution in [0, 0.1) is 5.82 Å². The summed E-state index contributed by atoms with van der Waals surface area (Å²) in [6.45, 7) is 4.31. The van der Waals surface area contributed by atoms with Gasteiger partial charge < -0.3 is 15.0 Å². The third-order valence-corrected chi connectivity index (χ3v) is 2.96. The highest BCUT2D eigenvalue weighted by Crippen LogP contribution is 2.17. The number of hydrogen-bond acceptors (Lipinski definition) is 3. The van der Waals surface area contributed by atoms with Crippen LogP contribution in [0.2, 0.25) is 0 Å². The summed E-state index contributed by atoms with van der Waals surface area (Å²) in [5, 5.41) is 2.80. The highest BCUT2D eigenvalue weighted by Gasteiger charge is 2.16. The number of nitrogens with zero attached hydrogens (tertiary/aromatic N) is 1. The minimum Gasteiger partial charge on any atom is -0.486 e. The maximum atomic E-state index is 13.5. The molecule has 2 atom stereocenters. The number of carbonyl (C=O) groups is 1. The maximum Gasteiger partial charge on any atom is 0.244 e. The Bertz CT molecular complexity index is 489. The lowest BCUT2D eigenvalue weighted by molar-refractivity contribution is -0.117. The molecule has 0 spiro atoms. The number of ether oxygens (including phenoxy) is 1. The van der Waals surface area contributed by atoms with Gasteiger partial charge in [-0.3, -0.25) is 4.79 Å². The third-order valence-electron chi connectivity index (χ3n) is 2.96. The number of benzene rings is 1. The van der Waals surface area contributed by atoms with E-state index in [2.05, 4.69) is 5.32 Å². The number of halogens is 1. The molecule has 4 nitrogen and oxygen atoms in total. The van der Waals surface area contributed by atoms with Gasteiger partial charge in [0.1, 0.15) is 6.10 Å². The first-order valence-electron chi connectivity index (χ1n) is 6.93. The number of para-hydroxylation sites is 1. The van der Waals surface area contributed by atoms with Crippen molar-refractivity contribution in [3.63, 3.8) is 0 Å². The van der Waals surface area contributed by atoms with E-state index in [1.165, 1.54) is 12.1 Å². The van der Waals surface area contributed by atoms with Gasteiger partial charge in [0.05, 0.1) is 6.04 Å². The van der Waals surface area contributed by atoms with Gasteiger partial charge in [0.2, 0.25) is 5.91 Å². The lowest BCUT2D eigenvalue weighted by Crippen LogP contribution is -2.41. The van der Waals surface area contributed by atoms with Crippen LogP contribution in [0.25, 0.3) is 0 Å². The number of likely N-dealkylation sites (N-methyl/N-ethyl adjacent to an activating group) is 1. The first kappa shape index (κ1) is 17.2. The summed E-state index contributed by atoms with van der Waals surface area (Å²) in [4.78, 5) is 13.7. The summed E-state index contributed by atoms with van der Waals surface area (Å²) in [6.07, 6.45) is 2.93. The number of amides is 1. The number of rotatable bonds is 7. The quantitative estimate of drug-likeness (QED) is 0.784. The van der Waals surface area contributed by atoms with Crippen LogP contribution >= 0.6 is 0 Å². The normalized spacial score (nSPS) is 14.2. The molecule has 0 aliphatic rings. The van der Waals surface area contributed by atoms with E-state index in [0.717, 1.165) is 0 Å². The second kappa shape index (κ2) is 8.42. The first-order chi connectivity index (χ1) is 9.90. The number of carbonyl (C=O) groups excluding carboxylic acids is 1. The summed E-state index contributed by atoms with van der Waals surface area (Å²) < 4.78 is 19.0. The summed E-state index contributed by atoms with van der Waals surface area (Å²) in [5.41, 5.74) is 0. The van der Waals surface area contributed by atoms with Crippen molar-refractivity contribution in [2.45, 2.75) is 26.0 Å². The SMILES string of the molecule is CC(NC(=O)/C=C/CN(C)C)C(C)Oc1ccccc1F. The third kappa shape index (κ3) is 6.40. The minimum absolute atomic E-state index is 0.187. The van der Waals surface area contributed by atoms with Crippen molar-refractivity contribution >= 4 is 5.91 Å². The lowest BCUT2D eigenvalue weighted by atomic mass is 10.2. The van der Waals surface area contributed by atoms with E-state index in [-0.39, 0.29) is 23.8 Å². The van der Waals surface area contributed by atoms with E-state index < -0.39 is 5.82 Å². The van der Waals surface area contributed by atoms with E-state index in [1.54, 1.807) is 31.2 Å². The minimum atomic E-state index is -0.409. The Morgan fingerprint density at radius 1 is 1.38 bits per heavy atom. The predicted octanol–water partition coefficient (Wildman–Crippen LogP) is 2.22. The second-order valence-corrected chi connectivity index (χ2v) is 5.22. The molecule has 116 valence electrons. The molecule has 0 aromatic heterocycles. The van der Waals surface area contributed by atoms with Gasteiger partial charge in [0, 0.05) is 12.6 Å². The fourth-order valence-electron chi connectivity index (χ4n) is 1.60. The fourth-order valence-corrected chi connectivity index (χ4v) is 1.60. The molecular weight excluding hydrogens is 271 g/mol. The molecule has 5 heteroatoms. The predicted molar refractivity (Wildman–Crippen MR) is 81.8 cm³/mol. The van der Waals surface area contributed by atoms with Crippen molar-refractivity contribution in [3.05, 3.63) is 42.2 Å². The molecule has 1 aromatic carbocycles. The van der Waals surface area contributed by atoms with Gasteiger partial charge in [-0.2, -0.15) is 0 Å². The fraction of sp³-hybridized carbons (Fsp3) is 0.438. The molecule has 2 unspecified atom stereocenters. The Kier molecular flexibility index (Phi) is 6.88. The van der Waals surface area contributed by atoms with E-state index in [0.29, 0.717) is 6.54 Å². The second-order valence-electron chi connectivity index (χ2n) is 5.22. The van der Waals surface area contributed by atoms with E-state index in [1.807, 2.05) is 25.9 Å². The molecule has 0 heterocycles. The summed E-state index contributed by atoms with van der Waals surface area (Å²) in [6, 6.07) is 5.99. The van der Waals surface area contributed by atoms with Gasteiger partial charge in [0.15, 0.2) is 11.6 Å². The number of nitrogens with one attached hydrogen (secondary N) is 1. The van der Waals surface area contributed by atoms with Crippen LogP contribution in [-0.2, 0) is 4.79 Å². The molecule has 1 rings (SSSR count). The molecule has 0 radical (unpaired) electrons. The smallest absolute Gasteiger partial charge is 0.244 e. The average Bonchev–Trinajstić information content (AvgIpc) is 2.40. The standard InChI is InChI=1S/C16H23FN2O2/c1-12(18-16(20)10-7-11-19(3)4)13(2)21-15-9-6-5-8-14(15)17/h5-10,12-13H,11H2,1-4H3,(H,18,20)/b10-7+. The molecule has 21 heavy (non-hydrogen) atoms. The summed E-state index contributed by atoms with van der Waals surface area (Å²) >= 11 is 0. The van der Waals surface area contributed by atoms with Crippen LogP contribution in [0.5, 0.6) is 5.75 Å². The van der Waals surface area contributed by atoms with Crippen LogP contribution in [0.1, 0.15) is 13.8 Å². The Morgan fingerprint density at radius 2 is 2.05 bits per heavy atom. The van der Waals surface area contributed by atoms with Gasteiger partial charge in [-0.15, -0.1) is 0 Å². The molecule has 1 aromatic rings. The number of hydrogen-bond donors (Lipinski definition) is 1. The van der Waals surface area contributed by atoms with E-state index >= 15 is 0 Å². The first-order valence-corrected chi connectivity index (χ1v) is 6.93. The van der Waals surface area contributed by atoms with Gasteiger partial charge in [-0.1, -0.05) is 18.2 Å². The lowest BCUT2D eigenvalue weighted by Gasteiger charge is -2.22. The van der Waals surface area contributed by atoms with Crippen LogP contribution in [0.3, 0.4) is 0 Å². The zero-order valence-electron chi connectivity index (χ0n) is 13.0. The van der Waals surface area contributed by atoms with Gasteiger partial charge in [0.25, 0.3) is 0 Å². The van der Waals surface area contributed by atoms with Crippen molar-refractivity contribution in [1.82, 2.24) is 10.2 Å². The van der Waals surface area contributed by atoms with Crippen LogP contribution in [0.15, 0.2) is 36.4 Å². The molecule has 0 aliphatic heterocycles. The monoisotopic (exact) mass is 294 g/mol. The molecule has 1 amide bonds. The zero-order valence-corrected chi connectivity index (χ0v) is 13.0. The Hall–Kier alpha value is -1.88. The molecular formula is C16H23FN2O2. The highest BCUT2D eigenvalue weighted by molar-refractivity contribution is 5.87. The van der Waals surface area contributed by atoms with Gasteiger partial charge in [-0.05, 0) is 40.1 Å². The zero-order chi connectivity index (χ0) is 15.8. The van der Waals surface area contributed by atoms with E-state index in [9.17, 15) is 9.18 Å². The Balaban J connectivity index is 2.47. The summed E-state index contributed by atoms with van der Waals surface area (Å²) in [5.74, 6) is -0.406. The highest BCUT2D eigenvalue weighted by atomic mass is 19.1. The molecule has 0 fully saturated rings. The Morgan fingerprint density at radius 3 is 2.67 bits per heavy atom. The van der Waals surface area contributed by atoms with Gasteiger partial charge in [-0.25, -0.2) is 4.39 Å². The van der Waals surface area contributed by atoms with E-state index in [4.69, 9.17) is 4.74 Å². The van der Waals surface area contributed by atoms with Crippen molar-refractivity contribution in [1.29, 1.82) is 0 Å². The van der Waals surface area contributed by atoms with Crippen LogP contribution < -0.4 is 10.1 Å². The largest absolute Gasteiger partial charge is 0.486 e. The molecule has 1 N–H and O–H groups in total. The van der Waals surface area contributed by atoms with Crippen molar-refractivity contribution in [2.75, 3.05) is 20.6 Å². The molecule has 0 saturated heterocycles.